The minimum Gasteiger partial charge on any atom is -0.389 e. The van der Waals surface area contributed by atoms with Crippen LogP contribution >= 0.6 is 0 Å². The lowest BCUT2D eigenvalue weighted by molar-refractivity contribution is -0.151. The standard InChI is InChI=1S/C22H37NO2/c1-14(24)17-6-7-18-16-5-4-15-12-22(25,13-23)11-10-20(15,2)19(16)8-9-21(17,18)3/h15-19,25H,4-13,23H2,1-3H3/t15-,16-,17+,18-,19-,20-,21+,22+/m0/s1. The number of hydrogen-bond acceptors (Lipinski definition) is 3. The molecule has 25 heavy (non-hydrogen) atoms. The maximum Gasteiger partial charge on any atom is 0.133 e. The average molecular weight is 348 g/mol. The van der Waals surface area contributed by atoms with Gasteiger partial charge in [0.05, 0.1) is 5.60 Å². The second-order valence-corrected chi connectivity index (χ2v) is 10.6. The van der Waals surface area contributed by atoms with E-state index in [-0.39, 0.29) is 5.41 Å². The van der Waals surface area contributed by atoms with Gasteiger partial charge in [-0.3, -0.25) is 4.79 Å². The number of fused-ring (bicyclic) bond motifs is 5. The first-order chi connectivity index (χ1) is 11.7. The number of Topliss-reactive ketones (excluding diaryl/α,β-unsaturated/α-hetero) is 1. The quantitative estimate of drug-likeness (QED) is 0.795. The van der Waals surface area contributed by atoms with E-state index < -0.39 is 5.60 Å². The van der Waals surface area contributed by atoms with Crippen LogP contribution in [-0.4, -0.2) is 23.0 Å². The van der Waals surface area contributed by atoms with Gasteiger partial charge in [-0.2, -0.15) is 0 Å². The van der Waals surface area contributed by atoms with E-state index >= 15 is 0 Å². The molecule has 4 aliphatic carbocycles. The first-order valence-electron chi connectivity index (χ1n) is 10.7. The van der Waals surface area contributed by atoms with Gasteiger partial charge in [0.2, 0.25) is 0 Å². The Labute approximate surface area is 153 Å². The molecule has 8 atom stereocenters. The summed E-state index contributed by atoms with van der Waals surface area (Å²) in [5.74, 6) is 3.69. The highest BCUT2D eigenvalue weighted by molar-refractivity contribution is 5.79. The van der Waals surface area contributed by atoms with E-state index in [0.29, 0.717) is 29.6 Å². The fraction of sp³-hybridized carbons (Fsp3) is 0.955. The molecule has 3 nitrogen and oxygen atoms in total. The van der Waals surface area contributed by atoms with E-state index in [0.717, 1.165) is 43.4 Å². The van der Waals surface area contributed by atoms with Crippen molar-refractivity contribution in [3.05, 3.63) is 0 Å². The van der Waals surface area contributed by atoms with E-state index in [4.69, 9.17) is 5.73 Å². The lowest BCUT2D eigenvalue weighted by Crippen LogP contribution is -2.57. The molecule has 3 heteroatoms. The largest absolute Gasteiger partial charge is 0.389 e. The van der Waals surface area contributed by atoms with E-state index in [1.165, 1.54) is 32.1 Å². The van der Waals surface area contributed by atoms with Crippen molar-refractivity contribution in [1.29, 1.82) is 0 Å². The molecule has 0 aliphatic heterocycles. The molecule has 0 aromatic heterocycles. The van der Waals surface area contributed by atoms with Crippen LogP contribution in [0.3, 0.4) is 0 Å². The predicted molar refractivity (Wildman–Crippen MR) is 99.9 cm³/mol. The molecule has 0 heterocycles. The molecule has 4 rings (SSSR count). The van der Waals surface area contributed by atoms with Gasteiger partial charge in [-0.25, -0.2) is 0 Å². The lowest BCUT2D eigenvalue weighted by Gasteiger charge is -2.62. The summed E-state index contributed by atoms with van der Waals surface area (Å²) in [6.07, 6.45) is 10.4. The highest BCUT2D eigenvalue weighted by Gasteiger charge is 2.61. The van der Waals surface area contributed by atoms with E-state index in [1.54, 1.807) is 0 Å². The number of rotatable bonds is 2. The van der Waals surface area contributed by atoms with Gasteiger partial charge in [0, 0.05) is 12.5 Å². The van der Waals surface area contributed by atoms with Crippen LogP contribution in [0.5, 0.6) is 0 Å². The predicted octanol–water partition coefficient (Wildman–Crippen LogP) is 3.92. The number of ketones is 1. The van der Waals surface area contributed by atoms with Crippen LogP contribution in [0.1, 0.15) is 78.6 Å². The van der Waals surface area contributed by atoms with Crippen molar-refractivity contribution in [3.63, 3.8) is 0 Å². The van der Waals surface area contributed by atoms with Gasteiger partial charge < -0.3 is 10.8 Å². The Hall–Kier alpha value is -0.410. The third-order valence-corrected chi connectivity index (χ3v) is 9.69. The highest BCUT2D eigenvalue weighted by Crippen LogP contribution is 2.68. The van der Waals surface area contributed by atoms with Crippen LogP contribution in [-0.2, 0) is 4.79 Å². The Kier molecular flexibility index (Phi) is 4.16. The van der Waals surface area contributed by atoms with Crippen molar-refractivity contribution in [2.75, 3.05) is 6.54 Å². The van der Waals surface area contributed by atoms with Gasteiger partial charge in [0.25, 0.3) is 0 Å². The molecule has 0 aromatic carbocycles. The Balaban J connectivity index is 1.59. The number of hydrogen-bond donors (Lipinski definition) is 2. The molecule has 0 amide bonds. The first-order valence-corrected chi connectivity index (χ1v) is 10.7. The molecule has 0 unspecified atom stereocenters. The van der Waals surface area contributed by atoms with Gasteiger partial charge in [-0.1, -0.05) is 13.8 Å². The zero-order valence-corrected chi connectivity index (χ0v) is 16.4. The summed E-state index contributed by atoms with van der Waals surface area (Å²) in [6, 6.07) is 0. The highest BCUT2D eigenvalue weighted by atomic mass is 16.3. The van der Waals surface area contributed by atoms with Crippen LogP contribution in [0, 0.1) is 40.4 Å². The first kappa shape index (κ1) is 18.0. The summed E-state index contributed by atoms with van der Waals surface area (Å²) >= 11 is 0. The molecule has 0 saturated heterocycles. The maximum atomic E-state index is 12.2. The smallest absolute Gasteiger partial charge is 0.133 e. The molecule has 0 aromatic rings. The van der Waals surface area contributed by atoms with Crippen LogP contribution < -0.4 is 5.73 Å². The fourth-order valence-corrected chi connectivity index (χ4v) is 8.18. The Morgan fingerprint density at radius 1 is 1.00 bits per heavy atom. The molecule has 0 bridgehead atoms. The number of aliphatic hydroxyl groups is 1. The summed E-state index contributed by atoms with van der Waals surface area (Å²) < 4.78 is 0. The maximum absolute atomic E-state index is 12.2. The lowest BCUT2D eigenvalue weighted by atomic mass is 9.44. The van der Waals surface area contributed by atoms with Gasteiger partial charge in [-0.15, -0.1) is 0 Å². The molecular formula is C22H37NO2. The molecule has 4 saturated carbocycles. The van der Waals surface area contributed by atoms with Gasteiger partial charge in [0.1, 0.15) is 5.78 Å². The summed E-state index contributed by atoms with van der Waals surface area (Å²) in [4.78, 5) is 12.2. The number of carbonyl (C=O) groups is 1. The third-order valence-electron chi connectivity index (χ3n) is 9.69. The molecule has 3 N–H and O–H groups in total. The SMILES string of the molecule is CC(=O)[C@H]1CC[C@H]2[C@@H]3CC[C@H]4C[C@@](O)(CN)CC[C@]4(C)[C@H]3CC[C@]12C. The Bertz CT molecular complexity index is 562. The fourth-order valence-electron chi connectivity index (χ4n) is 8.18. The van der Waals surface area contributed by atoms with Gasteiger partial charge >= 0.3 is 0 Å². The molecule has 142 valence electrons. The normalized spacial score (nSPS) is 55.2. The van der Waals surface area contributed by atoms with Crippen molar-refractivity contribution in [1.82, 2.24) is 0 Å². The van der Waals surface area contributed by atoms with Gasteiger partial charge in [0.15, 0.2) is 0 Å². The molecule has 4 fully saturated rings. The Morgan fingerprint density at radius 2 is 1.72 bits per heavy atom. The minimum absolute atomic E-state index is 0.253. The van der Waals surface area contributed by atoms with E-state index in [9.17, 15) is 9.90 Å². The minimum atomic E-state index is -0.618. The van der Waals surface area contributed by atoms with Gasteiger partial charge in [-0.05, 0) is 99.2 Å². The van der Waals surface area contributed by atoms with Crippen molar-refractivity contribution in [2.45, 2.75) is 84.2 Å². The zero-order valence-electron chi connectivity index (χ0n) is 16.4. The summed E-state index contributed by atoms with van der Waals surface area (Å²) in [5, 5.41) is 10.8. The number of nitrogens with two attached hydrogens (primary N) is 1. The third kappa shape index (κ3) is 2.48. The van der Waals surface area contributed by atoms with Crippen molar-refractivity contribution in [3.8, 4) is 0 Å². The van der Waals surface area contributed by atoms with Crippen LogP contribution in [0.25, 0.3) is 0 Å². The molecule has 0 spiro atoms. The van der Waals surface area contributed by atoms with Crippen LogP contribution in [0.15, 0.2) is 0 Å². The second kappa shape index (κ2) is 5.79. The van der Waals surface area contributed by atoms with Crippen molar-refractivity contribution < 1.29 is 9.90 Å². The molecular weight excluding hydrogens is 310 g/mol. The van der Waals surface area contributed by atoms with Crippen molar-refractivity contribution in [2.24, 2.45) is 46.2 Å². The summed E-state index contributed by atoms with van der Waals surface area (Å²) in [5.41, 5.74) is 5.89. The number of carbonyl (C=O) groups excluding carboxylic acids is 1. The average Bonchev–Trinajstić information content (AvgIpc) is 2.93. The molecule has 4 aliphatic rings. The molecule has 0 radical (unpaired) electrons. The van der Waals surface area contributed by atoms with Crippen molar-refractivity contribution >= 4 is 5.78 Å². The topological polar surface area (TPSA) is 63.3 Å². The Morgan fingerprint density at radius 3 is 2.40 bits per heavy atom. The van der Waals surface area contributed by atoms with Crippen LogP contribution in [0.4, 0.5) is 0 Å². The van der Waals surface area contributed by atoms with Crippen LogP contribution in [0.2, 0.25) is 0 Å². The second-order valence-electron chi connectivity index (χ2n) is 10.6. The zero-order chi connectivity index (χ0) is 18.0. The summed E-state index contributed by atoms with van der Waals surface area (Å²) in [7, 11) is 0. The van der Waals surface area contributed by atoms with E-state index in [1.807, 2.05) is 6.92 Å². The van der Waals surface area contributed by atoms with E-state index in [2.05, 4.69) is 13.8 Å². The monoisotopic (exact) mass is 347 g/mol. The summed E-state index contributed by atoms with van der Waals surface area (Å²) in [6.45, 7) is 7.17.